The van der Waals surface area contributed by atoms with Crippen LogP contribution in [0.2, 0.25) is 5.02 Å². The summed E-state index contributed by atoms with van der Waals surface area (Å²) in [4.78, 5) is 13.3. The number of benzene rings is 1. The molecule has 0 heterocycles. The van der Waals surface area contributed by atoms with Crippen LogP contribution < -0.4 is 5.32 Å². The fourth-order valence-electron chi connectivity index (χ4n) is 1.75. The van der Waals surface area contributed by atoms with E-state index in [9.17, 15) is 4.79 Å². The van der Waals surface area contributed by atoms with E-state index < -0.39 is 5.97 Å². The SMILES string of the molecule is CCC(C)N(C)CCNc1cc(Cl)ccc1C(=O)O. The van der Waals surface area contributed by atoms with Crippen LogP contribution in [-0.2, 0) is 0 Å². The van der Waals surface area contributed by atoms with E-state index in [1.165, 1.54) is 6.07 Å². The number of likely N-dealkylation sites (N-methyl/N-ethyl adjacent to an activating group) is 1. The lowest BCUT2D eigenvalue weighted by Gasteiger charge is -2.23. The van der Waals surface area contributed by atoms with E-state index in [0.29, 0.717) is 23.3 Å². The smallest absolute Gasteiger partial charge is 0.337 e. The van der Waals surface area contributed by atoms with Gasteiger partial charge in [0.1, 0.15) is 0 Å². The second-order valence-corrected chi connectivity index (χ2v) is 5.10. The largest absolute Gasteiger partial charge is 0.478 e. The zero-order valence-electron chi connectivity index (χ0n) is 11.6. The standard InChI is InChI=1S/C14H21ClN2O2/c1-4-10(2)17(3)8-7-16-13-9-11(15)5-6-12(13)14(18)19/h5-6,9-10,16H,4,7-8H2,1-3H3,(H,18,19). The lowest BCUT2D eigenvalue weighted by atomic mass is 10.2. The average Bonchev–Trinajstić information content (AvgIpc) is 2.37. The molecule has 1 rings (SSSR count). The van der Waals surface area contributed by atoms with Crippen LogP contribution in [0, 0.1) is 0 Å². The Bertz CT molecular complexity index is 437. The lowest BCUT2D eigenvalue weighted by Crippen LogP contribution is -2.32. The fraction of sp³-hybridized carbons (Fsp3) is 0.500. The molecule has 0 saturated heterocycles. The molecule has 5 heteroatoms. The Hall–Kier alpha value is -1.26. The Morgan fingerprint density at radius 1 is 1.53 bits per heavy atom. The Balaban J connectivity index is 2.62. The summed E-state index contributed by atoms with van der Waals surface area (Å²) in [5.41, 5.74) is 0.813. The van der Waals surface area contributed by atoms with Gasteiger partial charge in [-0.2, -0.15) is 0 Å². The minimum Gasteiger partial charge on any atom is -0.478 e. The highest BCUT2D eigenvalue weighted by atomic mass is 35.5. The monoisotopic (exact) mass is 284 g/mol. The molecule has 0 spiro atoms. The van der Waals surface area contributed by atoms with Crippen LogP contribution in [0.5, 0.6) is 0 Å². The molecule has 1 unspecified atom stereocenters. The molecule has 0 aromatic heterocycles. The highest BCUT2D eigenvalue weighted by Crippen LogP contribution is 2.21. The summed E-state index contributed by atoms with van der Waals surface area (Å²) in [6.45, 7) is 5.85. The summed E-state index contributed by atoms with van der Waals surface area (Å²) >= 11 is 5.89. The zero-order chi connectivity index (χ0) is 14.4. The van der Waals surface area contributed by atoms with Gasteiger partial charge in [0.15, 0.2) is 0 Å². The Morgan fingerprint density at radius 2 is 2.21 bits per heavy atom. The number of carboxylic acids is 1. The molecule has 19 heavy (non-hydrogen) atoms. The van der Waals surface area contributed by atoms with Crippen LogP contribution in [-0.4, -0.2) is 42.2 Å². The molecule has 2 N–H and O–H groups in total. The highest BCUT2D eigenvalue weighted by Gasteiger charge is 2.11. The number of hydrogen-bond acceptors (Lipinski definition) is 3. The molecule has 0 amide bonds. The third kappa shape index (κ3) is 4.73. The van der Waals surface area contributed by atoms with Gasteiger partial charge in [0.05, 0.1) is 11.3 Å². The van der Waals surface area contributed by atoms with Gasteiger partial charge >= 0.3 is 5.97 Å². The lowest BCUT2D eigenvalue weighted by molar-refractivity contribution is 0.0698. The number of halogens is 1. The molecular weight excluding hydrogens is 264 g/mol. The van der Waals surface area contributed by atoms with E-state index in [1.54, 1.807) is 12.1 Å². The van der Waals surface area contributed by atoms with Gasteiger partial charge in [-0.05, 0) is 38.6 Å². The molecule has 0 fully saturated rings. The topological polar surface area (TPSA) is 52.6 Å². The van der Waals surface area contributed by atoms with Crippen molar-refractivity contribution in [1.82, 2.24) is 4.90 Å². The first-order valence-electron chi connectivity index (χ1n) is 6.42. The molecular formula is C14H21ClN2O2. The van der Waals surface area contributed by atoms with Crippen molar-refractivity contribution in [2.75, 3.05) is 25.5 Å². The summed E-state index contributed by atoms with van der Waals surface area (Å²) in [6, 6.07) is 5.27. The number of nitrogens with zero attached hydrogens (tertiary/aromatic N) is 1. The van der Waals surface area contributed by atoms with Crippen molar-refractivity contribution in [3.63, 3.8) is 0 Å². The molecule has 4 nitrogen and oxygen atoms in total. The molecule has 0 aliphatic rings. The fourth-order valence-corrected chi connectivity index (χ4v) is 1.92. The first-order valence-corrected chi connectivity index (χ1v) is 6.80. The van der Waals surface area contributed by atoms with Crippen molar-refractivity contribution in [2.45, 2.75) is 26.3 Å². The van der Waals surface area contributed by atoms with Crippen molar-refractivity contribution >= 4 is 23.3 Å². The third-order valence-electron chi connectivity index (χ3n) is 3.34. The average molecular weight is 285 g/mol. The van der Waals surface area contributed by atoms with Gasteiger partial charge in [-0.15, -0.1) is 0 Å². The molecule has 1 aromatic rings. The molecule has 0 bridgehead atoms. The first-order chi connectivity index (χ1) is 8.95. The summed E-state index contributed by atoms with van der Waals surface area (Å²) in [5, 5.41) is 12.8. The van der Waals surface area contributed by atoms with Gasteiger partial charge in [0.25, 0.3) is 0 Å². The van der Waals surface area contributed by atoms with Crippen LogP contribution in [0.3, 0.4) is 0 Å². The maximum atomic E-state index is 11.1. The van der Waals surface area contributed by atoms with Gasteiger partial charge in [0.2, 0.25) is 0 Å². The van der Waals surface area contributed by atoms with E-state index in [4.69, 9.17) is 16.7 Å². The maximum Gasteiger partial charge on any atom is 0.337 e. The molecule has 106 valence electrons. The molecule has 0 radical (unpaired) electrons. The third-order valence-corrected chi connectivity index (χ3v) is 3.57. The number of nitrogens with one attached hydrogen (secondary N) is 1. The van der Waals surface area contributed by atoms with Crippen LogP contribution in [0.1, 0.15) is 30.6 Å². The van der Waals surface area contributed by atoms with Gasteiger partial charge in [-0.3, -0.25) is 0 Å². The number of hydrogen-bond donors (Lipinski definition) is 2. The van der Waals surface area contributed by atoms with E-state index in [1.807, 2.05) is 0 Å². The van der Waals surface area contributed by atoms with E-state index in [2.05, 4.69) is 31.1 Å². The zero-order valence-corrected chi connectivity index (χ0v) is 12.4. The summed E-state index contributed by atoms with van der Waals surface area (Å²) in [5.74, 6) is -0.950. The summed E-state index contributed by atoms with van der Waals surface area (Å²) < 4.78 is 0. The summed E-state index contributed by atoms with van der Waals surface area (Å²) in [7, 11) is 2.06. The van der Waals surface area contributed by atoms with Gasteiger partial charge in [-0.25, -0.2) is 4.79 Å². The highest BCUT2D eigenvalue weighted by molar-refractivity contribution is 6.31. The molecule has 0 aliphatic carbocycles. The van der Waals surface area contributed by atoms with Gasteiger partial charge in [0, 0.05) is 24.2 Å². The van der Waals surface area contributed by atoms with Crippen LogP contribution >= 0.6 is 11.6 Å². The second kappa shape index (κ2) is 7.36. The summed E-state index contributed by atoms with van der Waals surface area (Å²) in [6.07, 6.45) is 1.09. The quantitative estimate of drug-likeness (QED) is 0.807. The van der Waals surface area contributed by atoms with Crippen molar-refractivity contribution in [1.29, 1.82) is 0 Å². The van der Waals surface area contributed by atoms with E-state index >= 15 is 0 Å². The predicted octanol–water partition coefficient (Wildman–Crippen LogP) is 3.18. The van der Waals surface area contributed by atoms with Crippen LogP contribution in [0.15, 0.2) is 18.2 Å². The minimum absolute atomic E-state index is 0.246. The molecule has 0 aliphatic heterocycles. The molecule has 1 atom stereocenters. The second-order valence-electron chi connectivity index (χ2n) is 4.66. The molecule has 1 aromatic carbocycles. The van der Waals surface area contributed by atoms with E-state index in [0.717, 1.165) is 13.0 Å². The Labute approximate surface area is 119 Å². The normalized spacial score (nSPS) is 12.5. The predicted molar refractivity (Wildman–Crippen MR) is 79.3 cm³/mol. The number of rotatable bonds is 7. The van der Waals surface area contributed by atoms with Gasteiger partial charge in [-0.1, -0.05) is 18.5 Å². The van der Waals surface area contributed by atoms with Crippen LogP contribution in [0.4, 0.5) is 5.69 Å². The van der Waals surface area contributed by atoms with Crippen LogP contribution in [0.25, 0.3) is 0 Å². The van der Waals surface area contributed by atoms with Crippen molar-refractivity contribution in [3.05, 3.63) is 28.8 Å². The minimum atomic E-state index is -0.950. The van der Waals surface area contributed by atoms with E-state index in [-0.39, 0.29) is 5.56 Å². The Morgan fingerprint density at radius 3 is 2.79 bits per heavy atom. The van der Waals surface area contributed by atoms with Gasteiger partial charge < -0.3 is 15.3 Å². The first kappa shape index (κ1) is 15.8. The molecule has 0 saturated carbocycles. The van der Waals surface area contributed by atoms with Crippen molar-refractivity contribution < 1.29 is 9.90 Å². The number of aromatic carboxylic acids is 1. The number of carbonyl (C=O) groups is 1. The van der Waals surface area contributed by atoms with Crippen molar-refractivity contribution in [2.24, 2.45) is 0 Å². The number of carboxylic acid groups (broad SMARTS) is 1. The van der Waals surface area contributed by atoms with Crippen molar-refractivity contribution in [3.8, 4) is 0 Å². The Kier molecular flexibility index (Phi) is 6.12. The maximum absolute atomic E-state index is 11.1. The number of anilines is 1.